The molecule has 3 aromatic carbocycles. The van der Waals surface area contributed by atoms with E-state index < -0.39 is 0 Å². The largest absolute Gasteiger partial charge is 0.494 e. The molecule has 0 spiro atoms. The summed E-state index contributed by atoms with van der Waals surface area (Å²) >= 11 is 0. The number of fused-ring (bicyclic) bond motifs is 1. The minimum absolute atomic E-state index is 0.180. The summed E-state index contributed by atoms with van der Waals surface area (Å²) in [6, 6.07) is 22.3. The zero-order valence-electron chi connectivity index (χ0n) is 16.2. The van der Waals surface area contributed by atoms with Crippen LogP contribution >= 0.6 is 0 Å². The number of aromatic nitrogens is 1. The van der Waals surface area contributed by atoms with E-state index in [2.05, 4.69) is 17.2 Å². The van der Waals surface area contributed by atoms with Gasteiger partial charge in [-0.1, -0.05) is 31.5 Å². The van der Waals surface area contributed by atoms with Gasteiger partial charge in [0.25, 0.3) is 5.91 Å². The highest BCUT2D eigenvalue weighted by atomic mass is 16.5. The molecule has 146 valence electrons. The summed E-state index contributed by atoms with van der Waals surface area (Å²) in [7, 11) is 0. The number of amides is 1. The molecule has 0 atom stereocenters. The fraction of sp³-hybridized carbons (Fsp3) is 0.167. The Bertz CT molecular complexity index is 1080. The number of rotatable bonds is 7. The fourth-order valence-electron chi connectivity index (χ4n) is 2.96. The summed E-state index contributed by atoms with van der Waals surface area (Å²) in [5.74, 6) is 1.08. The standard InChI is InChI=1S/C24H22N2O3/c1-2-3-15-28-20-8-6-7-18(16-20)23(27)25-19-13-11-17(12-14-19)24-26-21-9-4-5-10-22(21)29-24/h4-14,16H,2-3,15H2,1H3,(H,25,27). The molecular formula is C24H22N2O3. The summed E-state index contributed by atoms with van der Waals surface area (Å²) in [4.78, 5) is 17.1. The minimum atomic E-state index is -0.180. The third-order valence-corrected chi connectivity index (χ3v) is 4.55. The van der Waals surface area contributed by atoms with Crippen molar-refractivity contribution in [1.29, 1.82) is 0 Å². The second-order valence-electron chi connectivity index (χ2n) is 6.75. The molecule has 0 fully saturated rings. The Labute approximate surface area is 169 Å². The lowest BCUT2D eigenvalue weighted by Crippen LogP contribution is -2.12. The molecule has 0 saturated heterocycles. The van der Waals surface area contributed by atoms with Gasteiger partial charge in [-0.3, -0.25) is 4.79 Å². The number of anilines is 1. The summed E-state index contributed by atoms with van der Waals surface area (Å²) in [6.07, 6.45) is 2.06. The van der Waals surface area contributed by atoms with Crippen LogP contribution in [0.2, 0.25) is 0 Å². The number of benzene rings is 3. The van der Waals surface area contributed by atoms with Crippen molar-refractivity contribution >= 4 is 22.7 Å². The third kappa shape index (κ3) is 4.46. The van der Waals surface area contributed by atoms with E-state index in [1.807, 2.05) is 60.7 Å². The number of unbranched alkanes of at least 4 members (excludes halogenated alkanes) is 1. The SMILES string of the molecule is CCCCOc1cccc(C(=O)Nc2ccc(-c3nc4ccccc4o3)cc2)c1. The van der Waals surface area contributed by atoms with Gasteiger partial charge in [0.15, 0.2) is 5.58 Å². The number of ether oxygens (including phenoxy) is 1. The molecule has 4 rings (SSSR count). The molecule has 29 heavy (non-hydrogen) atoms. The lowest BCUT2D eigenvalue weighted by molar-refractivity contribution is 0.102. The number of nitrogens with one attached hydrogen (secondary N) is 1. The number of oxazole rings is 1. The number of para-hydroxylation sites is 2. The summed E-state index contributed by atoms with van der Waals surface area (Å²) in [5.41, 5.74) is 3.68. The summed E-state index contributed by atoms with van der Waals surface area (Å²) < 4.78 is 11.5. The highest BCUT2D eigenvalue weighted by molar-refractivity contribution is 6.04. The Morgan fingerprint density at radius 2 is 1.86 bits per heavy atom. The van der Waals surface area contributed by atoms with Crippen molar-refractivity contribution in [3.63, 3.8) is 0 Å². The van der Waals surface area contributed by atoms with Crippen LogP contribution in [0.15, 0.2) is 77.2 Å². The lowest BCUT2D eigenvalue weighted by Gasteiger charge is -2.09. The van der Waals surface area contributed by atoms with E-state index in [0.717, 1.165) is 29.5 Å². The van der Waals surface area contributed by atoms with E-state index in [1.165, 1.54) is 0 Å². The van der Waals surface area contributed by atoms with Gasteiger partial charge in [-0.25, -0.2) is 4.98 Å². The van der Waals surface area contributed by atoms with Crippen LogP contribution in [0.25, 0.3) is 22.6 Å². The smallest absolute Gasteiger partial charge is 0.255 e. The minimum Gasteiger partial charge on any atom is -0.494 e. The van der Waals surface area contributed by atoms with E-state index >= 15 is 0 Å². The summed E-state index contributed by atoms with van der Waals surface area (Å²) in [5, 5.41) is 2.91. The molecule has 0 saturated carbocycles. The first-order chi connectivity index (χ1) is 14.2. The second-order valence-corrected chi connectivity index (χ2v) is 6.75. The van der Waals surface area contributed by atoms with Crippen molar-refractivity contribution < 1.29 is 13.9 Å². The Hall–Kier alpha value is -3.60. The number of hydrogen-bond acceptors (Lipinski definition) is 4. The molecule has 0 radical (unpaired) electrons. The first-order valence-electron chi connectivity index (χ1n) is 9.73. The van der Waals surface area contributed by atoms with Crippen molar-refractivity contribution in [2.24, 2.45) is 0 Å². The number of carbonyl (C=O) groups is 1. The highest BCUT2D eigenvalue weighted by Crippen LogP contribution is 2.25. The van der Waals surface area contributed by atoms with Crippen LogP contribution in [0, 0.1) is 0 Å². The molecule has 0 aliphatic rings. The van der Waals surface area contributed by atoms with Gasteiger partial charge in [-0.2, -0.15) is 0 Å². The molecule has 0 bridgehead atoms. The monoisotopic (exact) mass is 386 g/mol. The maximum atomic E-state index is 12.6. The molecule has 0 aliphatic heterocycles. The molecule has 1 amide bonds. The topological polar surface area (TPSA) is 64.4 Å². The number of hydrogen-bond donors (Lipinski definition) is 1. The van der Waals surface area contributed by atoms with E-state index in [4.69, 9.17) is 9.15 Å². The maximum Gasteiger partial charge on any atom is 0.255 e. The van der Waals surface area contributed by atoms with E-state index in [0.29, 0.717) is 29.5 Å². The highest BCUT2D eigenvalue weighted by Gasteiger charge is 2.10. The van der Waals surface area contributed by atoms with Crippen molar-refractivity contribution in [2.75, 3.05) is 11.9 Å². The quantitative estimate of drug-likeness (QED) is 0.400. The Morgan fingerprint density at radius 1 is 1.03 bits per heavy atom. The van der Waals surface area contributed by atoms with Crippen LogP contribution < -0.4 is 10.1 Å². The molecule has 4 aromatic rings. The van der Waals surface area contributed by atoms with Crippen molar-refractivity contribution in [1.82, 2.24) is 4.98 Å². The normalized spacial score (nSPS) is 10.8. The van der Waals surface area contributed by atoms with Gasteiger partial charge in [0.2, 0.25) is 5.89 Å². The third-order valence-electron chi connectivity index (χ3n) is 4.55. The zero-order chi connectivity index (χ0) is 20.1. The average Bonchev–Trinajstić information content (AvgIpc) is 3.19. The Balaban J connectivity index is 1.44. The Morgan fingerprint density at radius 3 is 2.66 bits per heavy atom. The van der Waals surface area contributed by atoms with Crippen LogP contribution in [0.4, 0.5) is 5.69 Å². The van der Waals surface area contributed by atoms with E-state index in [1.54, 1.807) is 12.1 Å². The van der Waals surface area contributed by atoms with Gasteiger partial charge < -0.3 is 14.5 Å². The number of carbonyl (C=O) groups excluding carboxylic acids is 1. The first-order valence-corrected chi connectivity index (χ1v) is 9.73. The van der Waals surface area contributed by atoms with Crippen LogP contribution in [0.3, 0.4) is 0 Å². The van der Waals surface area contributed by atoms with Gasteiger partial charge in [-0.15, -0.1) is 0 Å². The van der Waals surface area contributed by atoms with Crippen LogP contribution in [-0.4, -0.2) is 17.5 Å². The predicted octanol–water partition coefficient (Wildman–Crippen LogP) is 5.93. The predicted molar refractivity (Wildman–Crippen MR) is 114 cm³/mol. The van der Waals surface area contributed by atoms with Crippen LogP contribution in [0.1, 0.15) is 30.1 Å². The van der Waals surface area contributed by atoms with E-state index in [-0.39, 0.29) is 5.91 Å². The van der Waals surface area contributed by atoms with Crippen LogP contribution in [0.5, 0.6) is 5.75 Å². The molecule has 5 nitrogen and oxygen atoms in total. The zero-order valence-corrected chi connectivity index (χ0v) is 16.2. The van der Waals surface area contributed by atoms with Crippen molar-refractivity contribution in [2.45, 2.75) is 19.8 Å². The van der Waals surface area contributed by atoms with Gasteiger partial charge in [0.1, 0.15) is 11.3 Å². The number of nitrogens with zero attached hydrogens (tertiary/aromatic N) is 1. The van der Waals surface area contributed by atoms with Gasteiger partial charge >= 0.3 is 0 Å². The van der Waals surface area contributed by atoms with Crippen molar-refractivity contribution in [3.8, 4) is 17.2 Å². The second kappa shape index (κ2) is 8.61. The van der Waals surface area contributed by atoms with Crippen LogP contribution in [-0.2, 0) is 0 Å². The molecule has 5 heteroatoms. The van der Waals surface area contributed by atoms with Gasteiger partial charge in [0.05, 0.1) is 6.61 Å². The van der Waals surface area contributed by atoms with Gasteiger partial charge in [0, 0.05) is 16.8 Å². The fourth-order valence-corrected chi connectivity index (χ4v) is 2.96. The Kier molecular flexibility index (Phi) is 5.56. The first kappa shape index (κ1) is 18.7. The summed E-state index contributed by atoms with van der Waals surface area (Å²) in [6.45, 7) is 2.77. The molecule has 1 aromatic heterocycles. The molecule has 0 unspecified atom stereocenters. The van der Waals surface area contributed by atoms with Gasteiger partial charge in [-0.05, 0) is 61.0 Å². The molecule has 1 N–H and O–H groups in total. The molecule has 0 aliphatic carbocycles. The van der Waals surface area contributed by atoms with Crippen molar-refractivity contribution in [3.05, 3.63) is 78.4 Å². The average molecular weight is 386 g/mol. The van der Waals surface area contributed by atoms with E-state index in [9.17, 15) is 4.79 Å². The molecule has 1 heterocycles. The molecular weight excluding hydrogens is 364 g/mol. The maximum absolute atomic E-state index is 12.6. The lowest BCUT2D eigenvalue weighted by atomic mass is 10.1.